The molecule has 0 unspecified atom stereocenters. The highest BCUT2D eigenvalue weighted by Crippen LogP contribution is 2.25. The molecule has 2 rings (SSSR count). The van der Waals surface area contributed by atoms with Crippen molar-refractivity contribution in [2.75, 3.05) is 6.61 Å². The molecule has 17 heavy (non-hydrogen) atoms. The summed E-state index contributed by atoms with van der Waals surface area (Å²) in [7, 11) is 0. The fourth-order valence-corrected chi connectivity index (χ4v) is 2.01. The molecule has 0 atom stereocenters. The standard InChI is InChI=1S/C12H14BrN3O/c13-11-8-10(9-14)2-3-12(11)17-7-6-16-5-1-4-15-16/h1-5,8H,6-7,9,14H2. The van der Waals surface area contributed by atoms with E-state index in [2.05, 4.69) is 21.0 Å². The summed E-state index contributed by atoms with van der Waals surface area (Å²) in [6.45, 7) is 1.85. The lowest BCUT2D eigenvalue weighted by Crippen LogP contribution is -2.08. The Hall–Kier alpha value is -1.33. The molecule has 0 spiro atoms. The average molecular weight is 296 g/mol. The number of rotatable bonds is 5. The van der Waals surface area contributed by atoms with Gasteiger partial charge in [-0.05, 0) is 39.7 Å². The van der Waals surface area contributed by atoms with Crippen molar-refractivity contribution in [1.82, 2.24) is 9.78 Å². The molecule has 0 aliphatic heterocycles. The van der Waals surface area contributed by atoms with Gasteiger partial charge >= 0.3 is 0 Å². The van der Waals surface area contributed by atoms with Crippen LogP contribution in [-0.2, 0) is 13.1 Å². The van der Waals surface area contributed by atoms with E-state index in [-0.39, 0.29) is 0 Å². The third kappa shape index (κ3) is 3.31. The molecule has 1 heterocycles. The Balaban J connectivity index is 1.90. The summed E-state index contributed by atoms with van der Waals surface area (Å²) in [5.74, 6) is 0.828. The Morgan fingerprint density at radius 3 is 2.94 bits per heavy atom. The van der Waals surface area contributed by atoms with Gasteiger partial charge < -0.3 is 10.5 Å². The molecule has 0 fully saturated rings. The van der Waals surface area contributed by atoms with Crippen LogP contribution < -0.4 is 10.5 Å². The zero-order valence-electron chi connectivity index (χ0n) is 9.34. The van der Waals surface area contributed by atoms with Crippen LogP contribution in [0.5, 0.6) is 5.75 Å². The summed E-state index contributed by atoms with van der Waals surface area (Å²) < 4.78 is 8.43. The SMILES string of the molecule is NCc1ccc(OCCn2cccn2)c(Br)c1. The molecular weight excluding hydrogens is 282 g/mol. The molecule has 90 valence electrons. The van der Waals surface area contributed by atoms with Gasteiger partial charge in [-0.1, -0.05) is 6.07 Å². The summed E-state index contributed by atoms with van der Waals surface area (Å²) in [5, 5.41) is 4.11. The normalized spacial score (nSPS) is 10.5. The maximum absolute atomic E-state index is 5.66. The molecule has 0 bridgehead atoms. The third-order valence-corrected chi connectivity index (χ3v) is 2.99. The van der Waals surface area contributed by atoms with E-state index in [0.29, 0.717) is 13.2 Å². The van der Waals surface area contributed by atoms with Crippen LogP contribution >= 0.6 is 15.9 Å². The lowest BCUT2D eigenvalue weighted by atomic mass is 10.2. The molecule has 2 aromatic rings. The number of nitrogens with zero attached hydrogens (tertiary/aromatic N) is 2. The van der Waals surface area contributed by atoms with Crippen molar-refractivity contribution in [3.63, 3.8) is 0 Å². The number of aromatic nitrogens is 2. The molecular formula is C12H14BrN3O. The summed E-state index contributed by atoms with van der Waals surface area (Å²) >= 11 is 3.46. The van der Waals surface area contributed by atoms with Gasteiger partial charge in [0.05, 0.1) is 11.0 Å². The minimum Gasteiger partial charge on any atom is -0.490 e. The van der Waals surface area contributed by atoms with E-state index < -0.39 is 0 Å². The first-order valence-electron chi connectivity index (χ1n) is 5.38. The van der Waals surface area contributed by atoms with Gasteiger partial charge in [0.25, 0.3) is 0 Å². The van der Waals surface area contributed by atoms with Gasteiger partial charge in [-0.2, -0.15) is 5.10 Å². The highest BCUT2D eigenvalue weighted by molar-refractivity contribution is 9.10. The molecule has 0 aliphatic carbocycles. The number of ether oxygens (including phenoxy) is 1. The molecule has 0 radical (unpaired) electrons. The minimum atomic E-state index is 0.534. The molecule has 4 nitrogen and oxygen atoms in total. The van der Waals surface area contributed by atoms with Gasteiger partial charge in [0.1, 0.15) is 12.4 Å². The van der Waals surface area contributed by atoms with Crippen LogP contribution in [0, 0.1) is 0 Å². The van der Waals surface area contributed by atoms with E-state index in [1.807, 2.05) is 35.1 Å². The van der Waals surface area contributed by atoms with Gasteiger partial charge in [-0.15, -0.1) is 0 Å². The second-order valence-corrected chi connectivity index (χ2v) is 4.44. The molecule has 0 saturated carbocycles. The minimum absolute atomic E-state index is 0.534. The van der Waals surface area contributed by atoms with Crippen LogP contribution in [0.1, 0.15) is 5.56 Å². The zero-order valence-corrected chi connectivity index (χ0v) is 10.9. The number of halogens is 1. The van der Waals surface area contributed by atoms with Crippen LogP contribution in [0.3, 0.4) is 0 Å². The second kappa shape index (κ2) is 5.84. The van der Waals surface area contributed by atoms with Crippen molar-refractivity contribution in [1.29, 1.82) is 0 Å². The van der Waals surface area contributed by atoms with Gasteiger partial charge in [-0.3, -0.25) is 4.68 Å². The highest BCUT2D eigenvalue weighted by atomic mass is 79.9. The fourth-order valence-electron chi connectivity index (χ4n) is 1.47. The van der Waals surface area contributed by atoms with Gasteiger partial charge in [0.15, 0.2) is 0 Å². The largest absolute Gasteiger partial charge is 0.490 e. The van der Waals surface area contributed by atoms with E-state index in [9.17, 15) is 0 Å². The van der Waals surface area contributed by atoms with E-state index in [0.717, 1.165) is 22.3 Å². The third-order valence-electron chi connectivity index (χ3n) is 2.37. The summed E-state index contributed by atoms with van der Waals surface area (Å²) in [4.78, 5) is 0. The smallest absolute Gasteiger partial charge is 0.133 e. The molecule has 1 aromatic carbocycles. The average Bonchev–Trinajstić information content (AvgIpc) is 2.84. The lowest BCUT2D eigenvalue weighted by molar-refractivity contribution is 0.289. The number of benzene rings is 1. The Kier molecular flexibility index (Phi) is 4.17. The van der Waals surface area contributed by atoms with Crippen LogP contribution in [0.15, 0.2) is 41.1 Å². The highest BCUT2D eigenvalue weighted by Gasteiger charge is 2.02. The number of nitrogens with two attached hydrogens (primary N) is 1. The van der Waals surface area contributed by atoms with Crippen molar-refractivity contribution in [3.05, 3.63) is 46.7 Å². The zero-order chi connectivity index (χ0) is 12.1. The van der Waals surface area contributed by atoms with Crippen molar-refractivity contribution >= 4 is 15.9 Å². The van der Waals surface area contributed by atoms with Gasteiger partial charge in [0, 0.05) is 18.9 Å². The van der Waals surface area contributed by atoms with Crippen molar-refractivity contribution in [3.8, 4) is 5.75 Å². The van der Waals surface area contributed by atoms with Gasteiger partial charge in [0.2, 0.25) is 0 Å². The Morgan fingerprint density at radius 2 is 2.29 bits per heavy atom. The maximum Gasteiger partial charge on any atom is 0.133 e. The van der Waals surface area contributed by atoms with Crippen LogP contribution in [0.4, 0.5) is 0 Å². The first-order valence-corrected chi connectivity index (χ1v) is 6.17. The van der Waals surface area contributed by atoms with E-state index in [1.54, 1.807) is 6.20 Å². The molecule has 0 aliphatic rings. The summed E-state index contributed by atoms with van der Waals surface area (Å²) in [6, 6.07) is 7.76. The monoisotopic (exact) mass is 295 g/mol. The predicted molar refractivity (Wildman–Crippen MR) is 69.8 cm³/mol. The van der Waals surface area contributed by atoms with Gasteiger partial charge in [-0.25, -0.2) is 0 Å². The Labute approximate surface area is 109 Å². The van der Waals surface area contributed by atoms with Crippen LogP contribution in [-0.4, -0.2) is 16.4 Å². The first-order chi connectivity index (χ1) is 8.29. The van der Waals surface area contributed by atoms with Crippen molar-refractivity contribution in [2.24, 2.45) is 5.73 Å². The molecule has 0 amide bonds. The fraction of sp³-hybridized carbons (Fsp3) is 0.250. The van der Waals surface area contributed by atoms with Crippen LogP contribution in [0.2, 0.25) is 0 Å². The quantitative estimate of drug-likeness (QED) is 0.920. The van der Waals surface area contributed by atoms with Crippen molar-refractivity contribution < 1.29 is 4.74 Å². The van der Waals surface area contributed by atoms with E-state index in [1.165, 1.54) is 0 Å². The van der Waals surface area contributed by atoms with E-state index >= 15 is 0 Å². The number of hydrogen-bond acceptors (Lipinski definition) is 3. The maximum atomic E-state index is 5.66. The summed E-state index contributed by atoms with van der Waals surface area (Å²) in [5.41, 5.74) is 6.64. The molecule has 5 heteroatoms. The lowest BCUT2D eigenvalue weighted by Gasteiger charge is -2.09. The van der Waals surface area contributed by atoms with Crippen molar-refractivity contribution in [2.45, 2.75) is 13.1 Å². The van der Waals surface area contributed by atoms with E-state index in [4.69, 9.17) is 10.5 Å². The van der Waals surface area contributed by atoms with Crippen LogP contribution in [0.25, 0.3) is 0 Å². The molecule has 1 aromatic heterocycles. The number of hydrogen-bond donors (Lipinski definition) is 1. The Morgan fingerprint density at radius 1 is 1.41 bits per heavy atom. The first kappa shape index (κ1) is 12.1. The second-order valence-electron chi connectivity index (χ2n) is 3.59. The predicted octanol–water partition coefficient (Wildman–Crippen LogP) is 2.18. The topological polar surface area (TPSA) is 53.1 Å². The Bertz CT molecular complexity index is 471. The molecule has 0 saturated heterocycles. The summed E-state index contributed by atoms with van der Waals surface area (Å²) in [6.07, 6.45) is 3.67. The molecule has 2 N–H and O–H groups in total.